The van der Waals surface area contributed by atoms with Crippen molar-refractivity contribution in [3.8, 4) is 0 Å². The maximum Gasteiger partial charge on any atom is 0.0704 e. The lowest BCUT2D eigenvalue weighted by atomic mass is 10.1. The Kier molecular flexibility index (Phi) is 6.12. The van der Waals surface area contributed by atoms with Gasteiger partial charge in [0.1, 0.15) is 0 Å². The fourth-order valence-corrected chi connectivity index (χ4v) is 1.62. The average Bonchev–Trinajstić information content (AvgIpc) is 2.25. The van der Waals surface area contributed by atoms with Gasteiger partial charge in [-0.1, -0.05) is 44.2 Å². The summed E-state index contributed by atoms with van der Waals surface area (Å²) in [7, 11) is 0. The third kappa shape index (κ3) is 5.89. The van der Waals surface area contributed by atoms with Crippen molar-refractivity contribution in [1.29, 1.82) is 0 Å². The molecule has 1 atom stereocenters. The Morgan fingerprint density at radius 2 is 1.88 bits per heavy atom. The van der Waals surface area contributed by atoms with Gasteiger partial charge in [-0.2, -0.15) is 0 Å². The number of hydrogen-bond acceptors (Lipinski definition) is 2. The van der Waals surface area contributed by atoms with Crippen molar-refractivity contribution in [3.05, 3.63) is 35.9 Å². The van der Waals surface area contributed by atoms with Crippen LogP contribution in [0.1, 0.15) is 25.8 Å². The zero-order valence-corrected chi connectivity index (χ0v) is 10.3. The molecule has 90 valence electrons. The Hall–Kier alpha value is -0.860. The third-order valence-electron chi connectivity index (χ3n) is 2.59. The molecule has 16 heavy (non-hydrogen) atoms. The molecule has 0 aromatic heterocycles. The van der Waals surface area contributed by atoms with Gasteiger partial charge in [0.05, 0.1) is 6.10 Å². The van der Waals surface area contributed by atoms with Gasteiger partial charge in [-0.15, -0.1) is 0 Å². The molecule has 2 N–H and O–H groups in total. The van der Waals surface area contributed by atoms with Crippen molar-refractivity contribution < 1.29 is 5.11 Å². The van der Waals surface area contributed by atoms with Crippen molar-refractivity contribution in [2.24, 2.45) is 5.92 Å². The SMILES string of the molecule is CC(C)CCNCC(O)Cc1ccccc1. The highest BCUT2D eigenvalue weighted by Gasteiger charge is 2.04. The summed E-state index contributed by atoms with van der Waals surface area (Å²) in [5.74, 6) is 0.721. The van der Waals surface area contributed by atoms with E-state index in [2.05, 4.69) is 31.3 Å². The second-order valence-corrected chi connectivity index (χ2v) is 4.73. The van der Waals surface area contributed by atoms with Gasteiger partial charge in [0.2, 0.25) is 0 Å². The monoisotopic (exact) mass is 221 g/mol. The van der Waals surface area contributed by atoms with Crippen LogP contribution in [0.5, 0.6) is 0 Å². The zero-order valence-electron chi connectivity index (χ0n) is 10.3. The van der Waals surface area contributed by atoms with Gasteiger partial charge in [0.25, 0.3) is 0 Å². The second-order valence-electron chi connectivity index (χ2n) is 4.73. The summed E-state index contributed by atoms with van der Waals surface area (Å²) in [6.45, 7) is 6.09. The molecule has 1 rings (SSSR count). The highest BCUT2D eigenvalue weighted by molar-refractivity contribution is 5.15. The highest BCUT2D eigenvalue weighted by atomic mass is 16.3. The van der Waals surface area contributed by atoms with E-state index in [0.717, 1.165) is 25.3 Å². The van der Waals surface area contributed by atoms with Gasteiger partial charge in [0.15, 0.2) is 0 Å². The molecule has 0 saturated heterocycles. The maximum absolute atomic E-state index is 9.81. The smallest absolute Gasteiger partial charge is 0.0704 e. The molecular formula is C14H23NO. The van der Waals surface area contributed by atoms with E-state index in [4.69, 9.17) is 0 Å². The summed E-state index contributed by atoms with van der Waals surface area (Å²) < 4.78 is 0. The summed E-state index contributed by atoms with van der Waals surface area (Å²) >= 11 is 0. The molecule has 0 fully saturated rings. The first-order valence-corrected chi connectivity index (χ1v) is 6.11. The molecule has 0 aliphatic carbocycles. The van der Waals surface area contributed by atoms with Crippen molar-refractivity contribution in [2.45, 2.75) is 32.8 Å². The van der Waals surface area contributed by atoms with Gasteiger partial charge < -0.3 is 10.4 Å². The van der Waals surface area contributed by atoms with Gasteiger partial charge in [-0.25, -0.2) is 0 Å². The average molecular weight is 221 g/mol. The van der Waals surface area contributed by atoms with Crippen molar-refractivity contribution >= 4 is 0 Å². The van der Waals surface area contributed by atoms with Gasteiger partial charge in [-0.3, -0.25) is 0 Å². The molecule has 0 heterocycles. The Balaban J connectivity index is 2.14. The fraction of sp³-hybridized carbons (Fsp3) is 0.571. The van der Waals surface area contributed by atoms with E-state index in [-0.39, 0.29) is 6.10 Å². The van der Waals surface area contributed by atoms with Crippen LogP contribution in [0.25, 0.3) is 0 Å². The lowest BCUT2D eigenvalue weighted by Crippen LogP contribution is -2.29. The number of rotatable bonds is 7. The first-order chi connectivity index (χ1) is 7.68. The van der Waals surface area contributed by atoms with E-state index in [0.29, 0.717) is 6.54 Å². The Morgan fingerprint density at radius 1 is 1.19 bits per heavy atom. The minimum Gasteiger partial charge on any atom is -0.391 e. The van der Waals surface area contributed by atoms with Crippen LogP contribution in [-0.2, 0) is 6.42 Å². The predicted molar refractivity (Wildman–Crippen MR) is 68.5 cm³/mol. The number of nitrogens with one attached hydrogen (secondary N) is 1. The third-order valence-corrected chi connectivity index (χ3v) is 2.59. The minimum absolute atomic E-state index is 0.283. The van der Waals surface area contributed by atoms with Crippen LogP contribution < -0.4 is 5.32 Å². The van der Waals surface area contributed by atoms with Crippen LogP contribution in [0, 0.1) is 5.92 Å². The Bertz CT molecular complexity index is 271. The molecule has 0 saturated carbocycles. The number of aliphatic hydroxyl groups excluding tert-OH is 1. The summed E-state index contributed by atoms with van der Waals surface area (Å²) in [4.78, 5) is 0. The van der Waals surface area contributed by atoms with Crippen LogP contribution in [0.15, 0.2) is 30.3 Å². The summed E-state index contributed by atoms with van der Waals surface area (Å²) in [5.41, 5.74) is 1.20. The molecule has 1 aromatic carbocycles. The Labute approximate surface area is 98.7 Å². The largest absolute Gasteiger partial charge is 0.391 e. The fourth-order valence-electron chi connectivity index (χ4n) is 1.62. The highest BCUT2D eigenvalue weighted by Crippen LogP contribution is 2.02. The van der Waals surface area contributed by atoms with E-state index in [1.54, 1.807) is 0 Å². The van der Waals surface area contributed by atoms with Gasteiger partial charge >= 0.3 is 0 Å². The van der Waals surface area contributed by atoms with Crippen LogP contribution in [0.3, 0.4) is 0 Å². The molecule has 0 radical (unpaired) electrons. The normalized spacial score (nSPS) is 13.0. The molecule has 1 unspecified atom stereocenters. The van der Waals surface area contributed by atoms with E-state index >= 15 is 0 Å². The minimum atomic E-state index is -0.283. The molecule has 0 spiro atoms. The van der Waals surface area contributed by atoms with E-state index < -0.39 is 0 Å². The molecule has 0 bridgehead atoms. The maximum atomic E-state index is 9.81. The first-order valence-electron chi connectivity index (χ1n) is 6.11. The van der Waals surface area contributed by atoms with Crippen molar-refractivity contribution in [3.63, 3.8) is 0 Å². The molecule has 2 nitrogen and oxygen atoms in total. The second kappa shape index (κ2) is 7.42. The molecule has 0 amide bonds. The molecule has 1 aromatic rings. The van der Waals surface area contributed by atoms with Crippen molar-refractivity contribution in [2.75, 3.05) is 13.1 Å². The van der Waals surface area contributed by atoms with E-state index in [1.165, 1.54) is 5.56 Å². The van der Waals surface area contributed by atoms with Crippen molar-refractivity contribution in [1.82, 2.24) is 5.32 Å². The molecule has 0 aliphatic heterocycles. The van der Waals surface area contributed by atoms with Crippen LogP contribution in [0.2, 0.25) is 0 Å². The van der Waals surface area contributed by atoms with Crippen LogP contribution in [0.4, 0.5) is 0 Å². The Morgan fingerprint density at radius 3 is 2.50 bits per heavy atom. The number of hydrogen-bond donors (Lipinski definition) is 2. The summed E-state index contributed by atoms with van der Waals surface area (Å²) in [6, 6.07) is 10.1. The zero-order chi connectivity index (χ0) is 11.8. The lowest BCUT2D eigenvalue weighted by molar-refractivity contribution is 0.171. The number of benzene rings is 1. The lowest BCUT2D eigenvalue weighted by Gasteiger charge is -2.12. The first kappa shape index (κ1) is 13.2. The molecule has 0 aliphatic rings. The van der Waals surface area contributed by atoms with Crippen LogP contribution in [-0.4, -0.2) is 24.3 Å². The van der Waals surface area contributed by atoms with E-state index in [9.17, 15) is 5.11 Å². The van der Waals surface area contributed by atoms with Gasteiger partial charge in [-0.05, 0) is 30.9 Å². The quantitative estimate of drug-likeness (QED) is 0.692. The predicted octanol–water partition coefficient (Wildman–Crippen LogP) is 2.23. The van der Waals surface area contributed by atoms with Gasteiger partial charge in [0, 0.05) is 6.54 Å². The molecular weight excluding hydrogens is 198 g/mol. The standard InChI is InChI=1S/C14H23NO/c1-12(2)8-9-15-11-14(16)10-13-6-4-3-5-7-13/h3-7,12,14-16H,8-11H2,1-2H3. The summed E-state index contributed by atoms with van der Waals surface area (Å²) in [6.07, 6.45) is 1.61. The molecule has 2 heteroatoms. The van der Waals surface area contributed by atoms with Crippen LogP contribution >= 0.6 is 0 Å². The topological polar surface area (TPSA) is 32.3 Å². The number of aliphatic hydroxyl groups is 1. The van der Waals surface area contributed by atoms with E-state index in [1.807, 2.05) is 18.2 Å². The summed E-state index contributed by atoms with van der Waals surface area (Å²) in [5, 5.41) is 13.1.